The van der Waals surface area contributed by atoms with Crippen LogP contribution in [-0.4, -0.2) is 30.1 Å². The Morgan fingerprint density at radius 2 is 1.93 bits per heavy atom. The molecule has 15 heavy (non-hydrogen) atoms. The molecule has 0 aliphatic carbocycles. The van der Waals surface area contributed by atoms with E-state index in [-0.39, 0.29) is 12.2 Å². The summed E-state index contributed by atoms with van der Waals surface area (Å²) in [7, 11) is 1.33. The van der Waals surface area contributed by atoms with Gasteiger partial charge in [0.2, 0.25) is 0 Å². The van der Waals surface area contributed by atoms with Gasteiger partial charge >= 0.3 is 5.97 Å². The number of carboxylic acid groups (broad SMARTS) is 1. The van der Waals surface area contributed by atoms with Gasteiger partial charge in [0.1, 0.15) is 6.10 Å². The number of hydrogen-bond donors (Lipinski definition) is 1. The van der Waals surface area contributed by atoms with Crippen LogP contribution < -0.4 is 0 Å². The van der Waals surface area contributed by atoms with Crippen molar-refractivity contribution in [1.29, 1.82) is 0 Å². The molecule has 1 atom stereocenters. The van der Waals surface area contributed by atoms with Gasteiger partial charge in [0.25, 0.3) is 0 Å². The first-order valence-electron chi connectivity index (χ1n) is 4.49. The lowest BCUT2D eigenvalue weighted by Crippen LogP contribution is -2.26. The highest BCUT2D eigenvalue weighted by Crippen LogP contribution is 2.08. The zero-order chi connectivity index (χ0) is 11.3. The Hall–Kier alpha value is -1.68. The van der Waals surface area contributed by atoms with Crippen LogP contribution >= 0.6 is 0 Å². The summed E-state index contributed by atoms with van der Waals surface area (Å²) in [6.07, 6.45) is -1.23. The summed E-state index contributed by atoms with van der Waals surface area (Å²) in [5, 5.41) is 8.58. The summed E-state index contributed by atoms with van der Waals surface area (Å²) in [4.78, 5) is 22.2. The standard InChI is InChI=1S/C11H12O4/c1-15-9(7-10(12)13)11(14)8-5-3-2-4-6-8/h2-6,9H,7H2,1H3,(H,12,13). The van der Waals surface area contributed by atoms with Gasteiger partial charge in [0.15, 0.2) is 5.78 Å². The van der Waals surface area contributed by atoms with Crippen LogP contribution in [0.5, 0.6) is 0 Å². The van der Waals surface area contributed by atoms with Gasteiger partial charge in [-0.05, 0) is 0 Å². The van der Waals surface area contributed by atoms with Crippen LogP contribution in [0.15, 0.2) is 30.3 Å². The summed E-state index contributed by atoms with van der Waals surface area (Å²) < 4.78 is 4.85. The van der Waals surface area contributed by atoms with Gasteiger partial charge in [-0.3, -0.25) is 9.59 Å². The first-order chi connectivity index (χ1) is 7.15. The molecule has 0 aliphatic rings. The second kappa shape index (κ2) is 5.26. The lowest BCUT2D eigenvalue weighted by atomic mass is 10.0. The van der Waals surface area contributed by atoms with Crippen molar-refractivity contribution in [3.8, 4) is 0 Å². The lowest BCUT2D eigenvalue weighted by Gasteiger charge is -2.11. The Kier molecular flexibility index (Phi) is 4.00. The van der Waals surface area contributed by atoms with E-state index in [2.05, 4.69) is 0 Å². The van der Waals surface area contributed by atoms with E-state index in [9.17, 15) is 9.59 Å². The van der Waals surface area contributed by atoms with E-state index >= 15 is 0 Å². The summed E-state index contributed by atoms with van der Waals surface area (Å²) in [6.45, 7) is 0. The Morgan fingerprint density at radius 3 is 2.40 bits per heavy atom. The average Bonchev–Trinajstić information content (AvgIpc) is 2.26. The summed E-state index contributed by atoms with van der Waals surface area (Å²) in [6, 6.07) is 8.50. The van der Waals surface area contributed by atoms with Gasteiger partial charge in [-0.15, -0.1) is 0 Å². The van der Waals surface area contributed by atoms with Gasteiger partial charge in [-0.25, -0.2) is 0 Å². The first-order valence-corrected chi connectivity index (χ1v) is 4.49. The number of Topliss-reactive ketones (excluding diaryl/α,β-unsaturated/α-hetero) is 1. The van der Waals surface area contributed by atoms with Crippen LogP contribution in [-0.2, 0) is 9.53 Å². The molecule has 1 aromatic rings. The highest BCUT2D eigenvalue weighted by Gasteiger charge is 2.21. The molecule has 0 saturated heterocycles. The van der Waals surface area contributed by atoms with Crippen LogP contribution in [0.4, 0.5) is 0 Å². The van der Waals surface area contributed by atoms with Crippen molar-refractivity contribution in [1.82, 2.24) is 0 Å². The van der Waals surface area contributed by atoms with Crippen molar-refractivity contribution in [2.75, 3.05) is 7.11 Å². The normalized spacial score (nSPS) is 12.1. The number of carbonyl (C=O) groups excluding carboxylic acids is 1. The SMILES string of the molecule is COC(CC(=O)O)C(=O)c1ccccc1. The molecule has 4 nitrogen and oxygen atoms in total. The van der Waals surface area contributed by atoms with E-state index in [0.717, 1.165) is 0 Å². The topological polar surface area (TPSA) is 63.6 Å². The van der Waals surface area contributed by atoms with Crippen molar-refractivity contribution in [3.05, 3.63) is 35.9 Å². The Bertz CT molecular complexity index is 345. The molecule has 0 aliphatic heterocycles. The predicted molar refractivity (Wildman–Crippen MR) is 53.8 cm³/mol. The first kappa shape index (κ1) is 11.4. The van der Waals surface area contributed by atoms with Crippen LogP contribution in [0.1, 0.15) is 16.8 Å². The van der Waals surface area contributed by atoms with E-state index in [0.29, 0.717) is 5.56 Å². The highest BCUT2D eigenvalue weighted by atomic mass is 16.5. The second-order valence-corrected chi connectivity index (χ2v) is 3.05. The number of carbonyl (C=O) groups is 2. The summed E-state index contributed by atoms with van der Waals surface area (Å²) >= 11 is 0. The minimum Gasteiger partial charge on any atom is -0.481 e. The third-order valence-electron chi connectivity index (χ3n) is 2.00. The Labute approximate surface area is 87.5 Å². The average molecular weight is 208 g/mol. The van der Waals surface area contributed by atoms with E-state index < -0.39 is 12.1 Å². The number of carboxylic acids is 1. The molecule has 0 radical (unpaired) electrons. The molecule has 1 rings (SSSR count). The van der Waals surface area contributed by atoms with Crippen LogP contribution in [0.3, 0.4) is 0 Å². The van der Waals surface area contributed by atoms with Crippen molar-refractivity contribution in [2.45, 2.75) is 12.5 Å². The highest BCUT2D eigenvalue weighted by molar-refractivity contribution is 6.00. The van der Waals surface area contributed by atoms with Gasteiger partial charge in [-0.2, -0.15) is 0 Å². The number of benzene rings is 1. The maximum Gasteiger partial charge on any atom is 0.306 e. The minimum absolute atomic E-state index is 0.305. The molecule has 0 fully saturated rings. The predicted octanol–water partition coefficient (Wildman–Crippen LogP) is 1.36. The zero-order valence-electron chi connectivity index (χ0n) is 8.34. The third kappa shape index (κ3) is 3.18. The lowest BCUT2D eigenvalue weighted by molar-refractivity contribution is -0.139. The van der Waals surface area contributed by atoms with E-state index in [1.54, 1.807) is 30.3 Å². The summed E-state index contributed by atoms with van der Waals surface area (Å²) in [5.74, 6) is -1.35. The van der Waals surface area contributed by atoms with Gasteiger partial charge in [0.05, 0.1) is 6.42 Å². The fourth-order valence-electron chi connectivity index (χ4n) is 1.23. The van der Waals surface area contributed by atoms with Crippen LogP contribution in [0, 0.1) is 0 Å². The van der Waals surface area contributed by atoms with Crippen molar-refractivity contribution >= 4 is 11.8 Å². The third-order valence-corrected chi connectivity index (χ3v) is 2.00. The molecule has 4 heteroatoms. The maximum atomic E-state index is 11.7. The number of methoxy groups -OCH3 is 1. The minimum atomic E-state index is -1.05. The molecule has 0 aromatic heterocycles. The van der Waals surface area contributed by atoms with Crippen molar-refractivity contribution in [3.63, 3.8) is 0 Å². The molecule has 80 valence electrons. The van der Waals surface area contributed by atoms with Gasteiger partial charge < -0.3 is 9.84 Å². The number of aliphatic carboxylic acids is 1. The zero-order valence-corrected chi connectivity index (χ0v) is 8.34. The number of rotatable bonds is 5. The number of hydrogen-bond acceptors (Lipinski definition) is 3. The molecule has 0 bridgehead atoms. The van der Waals surface area contributed by atoms with Crippen LogP contribution in [0.25, 0.3) is 0 Å². The Morgan fingerprint density at radius 1 is 1.33 bits per heavy atom. The van der Waals surface area contributed by atoms with Gasteiger partial charge in [-0.1, -0.05) is 30.3 Å². The number of ether oxygens (including phenoxy) is 1. The smallest absolute Gasteiger partial charge is 0.306 e. The largest absolute Gasteiger partial charge is 0.481 e. The monoisotopic (exact) mass is 208 g/mol. The van der Waals surface area contributed by atoms with Crippen molar-refractivity contribution < 1.29 is 19.4 Å². The molecule has 1 aromatic carbocycles. The van der Waals surface area contributed by atoms with Crippen LogP contribution in [0.2, 0.25) is 0 Å². The molecule has 0 saturated carbocycles. The quantitative estimate of drug-likeness (QED) is 0.742. The molecular formula is C11H12O4. The molecule has 0 spiro atoms. The molecule has 1 unspecified atom stereocenters. The Balaban J connectivity index is 2.78. The molecule has 0 amide bonds. The molecule has 0 heterocycles. The molecule has 1 N–H and O–H groups in total. The second-order valence-electron chi connectivity index (χ2n) is 3.05. The van der Waals surface area contributed by atoms with Gasteiger partial charge in [0, 0.05) is 12.7 Å². The van der Waals surface area contributed by atoms with Crippen molar-refractivity contribution in [2.24, 2.45) is 0 Å². The van der Waals surface area contributed by atoms with E-state index in [1.807, 2.05) is 0 Å². The maximum absolute atomic E-state index is 11.7. The number of ketones is 1. The summed E-state index contributed by atoms with van der Waals surface area (Å²) in [5.41, 5.74) is 0.464. The van der Waals surface area contributed by atoms with E-state index in [1.165, 1.54) is 7.11 Å². The fourth-order valence-corrected chi connectivity index (χ4v) is 1.23. The molecular weight excluding hydrogens is 196 g/mol. The fraction of sp³-hybridized carbons (Fsp3) is 0.273. The van der Waals surface area contributed by atoms with E-state index in [4.69, 9.17) is 9.84 Å².